The molecule has 1 N–H and O–H groups in total. The highest BCUT2D eigenvalue weighted by atomic mass is 79.9. The average Bonchev–Trinajstić information content (AvgIpc) is 3.11. The first-order chi connectivity index (χ1) is 16.5. The SMILES string of the molecule is COc1ccccc1NC(=O)CN1C(=O)[C@@H]2C3c4ccccc4C(Br)(c4ccccc43)[C@H]2C1=O. The van der Waals surface area contributed by atoms with Crippen LogP contribution in [0.3, 0.4) is 0 Å². The Morgan fingerprint density at radius 1 is 0.941 bits per heavy atom. The maximum absolute atomic E-state index is 13.7. The summed E-state index contributed by atoms with van der Waals surface area (Å²) in [6.45, 7) is -0.342. The average molecular weight is 517 g/mol. The summed E-state index contributed by atoms with van der Waals surface area (Å²) in [5.74, 6) is -1.97. The van der Waals surface area contributed by atoms with Crippen LogP contribution in [0.15, 0.2) is 72.8 Å². The van der Waals surface area contributed by atoms with Gasteiger partial charge in [-0.1, -0.05) is 76.6 Å². The maximum Gasteiger partial charge on any atom is 0.244 e. The summed E-state index contributed by atoms with van der Waals surface area (Å²) < 4.78 is 4.47. The summed E-state index contributed by atoms with van der Waals surface area (Å²) in [5, 5.41) is 2.77. The van der Waals surface area contributed by atoms with Gasteiger partial charge in [-0.05, 0) is 34.4 Å². The summed E-state index contributed by atoms with van der Waals surface area (Å²) in [6, 6.07) is 23.0. The van der Waals surface area contributed by atoms with E-state index in [9.17, 15) is 14.4 Å². The maximum atomic E-state index is 13.7. The van der Waals surface area contributed by atoms with Crippen LogP contribution < -0.4 is 10.1 Å². The molecule has 2 atom stereocenters. The van der Waals surface area contributed by atoms with E-state index in [1.54, 1.807) is 24.3 Å². The van der Waals surface area contributed by atoms with E-state index in [-0.39, 0.29) is 24.3 Å². The number of nitrogens with zero attached hydrogens (tertiary/aromatic N) is 1. The normalized spacial score (nSPS) is 26.1. The fraction of sp³-hybridized carbons (Fsp3) is 0.222. The number of ether oxygens (including phenoxy) is 1. The third kappa shape index (κ3) is 2.70. The van der Waals surface area contributed by atoms with Crippen LogP contribution in [0, 0.1) is 11.8 Å². The zero-order valence-corrected chi connectivity index (χ0v) is 19.9. The standard InChI is InChI=1S/C27H21BrN2O4/c1-34-20-13-7-6-12-19(20)29-21(31)14-30-25(32)23-22-15-8-2-4-10-17(15)27(28,24(23)26(30)33)18-11-5-3-9-16(18)22/h2-13,22-24H,14H2,1H3,(H,29,31)/t22?,23-,24-,27?/m1/s1. The minimum atomic E-state index is -0.819. The van der Waals surface area contributed by atoms with Crippen LogP contribution >= 0.6 is 15.9 Å². The van der Waals surface area contributed by atoms with Crippen molar-refractivity contribution in [1.82, 2.24) is 4.90 Å². The molecular formula is C27H21BrN2O4. The molecular weight excluding hydrogens is 496 g/mol. The number of hydrogen-bond donors (Lipinski definition) is 1. The number of halogens is 1. The van der Waals surface area contributed by atoms with Gasteiger partial charge in [0.1, 0.15) is 12.3 Å². The molecule has 0 saturated carbocycles. The van der Waals surface area contributed by atoms with E-state index in [0.29, 0.717) is 11.4 Å². The van der Waals surface area contributed by atoms with Crippen molar-refractivity contribution < 1.29 is 19.1 Å². The lowest BCUT2D eigenvalue weighted by Crippen LogP contribution is -2.50. The number of anilines is 1. The van der Waals surface area contributed by atoms with Crippen LogP contribution in [0.4, 0.5) is 5.69 Å². The largest absolute Gasteiger partial charge is 0.495 e. The van der Waals surface area contributed by atoms with Gasteiger partial charge in [0.05, 0.1) is 29.0 Å². The number of methoxy groups -OCH3 is 1. The first-order valence-electron chi connectivity index (χ1n) is 11.1. The molecule has 0 unspecified atom stereocenters. The molecule has 170 valence electrons. The van der Waals surface area contributed by atoms with Crippen molar-refractivity contribution in [3.05, 3.63) is 95.1 Å². The van der Waals surface area contributed by atoms with Crippen molar-refractivity contribution in [2.24, 2.45) is 11.8 Å². The number of hydrogen-bond acceptors (Lipinski definition) is 4. The smallest absolute Gasteiger partial charge is 0.244 e. The topological polar surface area (TPSA) is 75.7 Å². The summed E-state index contributed by atoms with van der Waals surface area (Å²) in [4.78, 5) is 41.5. The van der Waals surface area contributed by atoms with E-state index in [1.165, 1.54) is 7.11 Å². The van der Waals surface area contributed by atoms with E-state index in [0.717, 1.165) is 27.2 Å². The molecule has 3 amide bonds. The number of benzene rings is 3. The molecule has 3 aliphatic carbocycles. The van der Waals surface area contributed by atoms with Crippen LogP contribution in [0.2, 0.25) is 0 Å². The number of likely N-dealkylation sites (tertiary alicyclic amines) is 1. The lowest BCUT2D eigenvalue weighted by molar-refractivity contribution is -0.142. The zero-order valence-electron chi connectivity index (χ0n) is 18.3. The van der Waals surface area contributed by atoms with Crippen LogP contribution in [0.25, 0.3) is 0 Å². The molecule has 0 aromatic heterocycles. The van der Waals surface area contributed by atoms with E-state index in [4.69, 9.17) is 4.74 Å². The Bertz CT molecular complexity index is 1320. The van der Waals surface area contributed by atoms with Gasteiger partial charge in [0, 0.05) is 5.92 Å². The molecule has 6 nitrogen and oxygen atoms in total. The van der Waals surface area contributed by atoms with Crippen molar-refractivity contribution in [2.45, 2.75) is 10.2 Å². The molecule has 0 radical (unpaired) electrons. The lowest BCUT2D eigenvalue weighted by Gasteiger charge is -2.51. The minimum absolute atomic E-state index is 0.226. The Kier molecular flexibility index (Phi) is 4.68. The number of alkyl halides is 1. The van der Waals surface area contributed by atoms with Crippen molar-refractivity contribution in [2.75, 3.05) is 19.0 Å². The number of carbonyl (C=O) groups is 3. The second-order valence-corrected chi connectivity index (χ2v) is 10.1. The number of nitrogens with one attached hydrogen (secondary N) is 1. The van der Waals surface area contributed by atoms with Gasteiger partial charge in [0.15, 0.2) is 0 Å². The van der Waals surface area contributed by atoms with Gasteiger partial charge in [-0.15, -0.1) is 0 Å². The molecule has 4 aliphatic rings. The van der Waals surface area contributed by atoms with Gasteiger partial charge >= 0.3 is 0 Å². The van der Waals surface area contributed by atoms with E-state index in [1.807, 2.05) is 48.5 Å². The highest BCUT2D eigenvalue weighted by Crippen LogP contribution is 2.66. The first kappa shape index (κ1) is 21.1. The van der Waals surface area contributed by atoms with Gasteiger partial charge in [-0.3, -0.25) is 19.3 Å². The van der Waals surface area contributed by atoms with Gasteiger partial charge < -0.3 is 10.1 Å². The fourth-order valence-electron chi connectivity index (χ4n) is 5.98. The van der Waals surface area contributed by atoms with Crippen LogP contribution in [-0.4, -0.2) is 36.3 Å². The number of amides is 3. The highest BCUT2D eigenvalue weighted by Gasteiger charge is 2.67. The quantitative estimate of drug-likeness (QED) is 0.419. The monoisotopic (exact) mass is 516 g/mol. The number of imide groups is 1. The highest BCUT2D eigenvalue weighted by molar-refractivity contribution is 9.09. The van der Waals surface area contributed by atoms with Crippen LogP contribution in [-0.2, 0) is 18.7 Å². The summed E-state index contributed by atoms with van der Waals surface area (Å²) in [7, 11) is 1.52. The van der Waals surface area contributed by atoms with Crippen molar-refractivity contribution >= 4 is 39.3 Å². The second-order valence-electron chi connectivity index (χ2n) is 8.88. The molecule has 7 heteroatoms. The van der Waals surface area contributed by atoms with Gasteiger partial charge in [0.25, 0.3) is 0 Å². The van der Waals surface area contributed by atoms with Gasteiger partial charge in [-0.25, -0.2) is 0 Å². The minimum Gasteiger partial charge on any atom is -0.495 e. The summed E-state index contributed by atoms with van der Waals surface area (Å²) in [5.41, 5.74) is 4.63. The third-order valence-electron chi connectivity index (χ3n) is 7.29. The predicted molar refractivity (Wildman–Crippen MR) is 130 cm³/mol. The lowest BCUT2D eigenvalue weighted by atomic mass is 9.55. The molecule has 3 aromatic rings. The molecule has 1 saturated heterocycles. The molecule has 0 spiro atoms. The molecule has 34 heavy (non-hydrogen) atoms. The number of para-hydroxylation sites is 2. The fourth-order valence-corrected chi connectivity index (χ4v) is 7.18. The number of rotatable bonds is 4. The van der Waals surface area contributed by atoms with E-state index >= 15 is 0 Å². The van der Waals surface area contributed by atoms with E-state index < -0.39 is 22.1 Å². The molecule has 1 aliphatic heterocycles. The first-order valence-corrected chi connectivity index (χ1v) is 11.9. The Hall–Kier alpha value is -3.45. The molecule has 1 heterocycles. The van der Waals surface area contributed by atoms with Crippen molar-refractivity contribution in [3.63, 3.8) is 0 Å². The van der Waals surface area contributed by atoms with Crippen molar-refractivity contribution in [1.29, 1.82) is 0 Å². The molecule has 2 bridgehead atoms. The molecule has 1 fully saturated rings. The zero-order chi connectivity index (χ0) is 23.6. The Morgan fingerprint density at radius 3 is 2.18 bits per heavy atom. The second kappa shape index (κ2) is 7.53. The molecule has 3 aromatic carbocycles. The Morgan fingerprint density at radius 2 is 1.53 bits per heavy atom. The summed E-state index contributed by atoms with van der Waals surface area (Å²) in [6.07, 6.45) is 0. The Labute approximate surface area is 205 Å². The molecule has 7 rings (SSSR count). The predicted octanol–water partition coefficient (Wildman–Crippen LogP) is 4.03. The summed E-state index contributed by atoms with van der Waals surface area (Å²) >= 11 is 3.95. The van der Waals surface area contributed by atoms with Crippen molar-refractivity contribution in [3.8, 4) is 5.75 Å². The van der Waals surface area contributed by atoms with Gasteiger partial charge in [0.2, 0.25) is 17.7 Å². The number of carbonyl (C=O) groups excluding carboxylic acids is 3. The van der Waals surface area contributed by atoms with Crippen LogP contribution in [0.5, 0.6) is 5.75 Å². The Balaban J connectivity index is 1.38. The third-order valence-corrected chi connectivity index (χ3v) is 8.64. The van der Waals surface area contributed by atoms with Crippen LogP contribution in [0.1, 0.15) is 28.2 Å². The van der Waals surface area contributed by atoms with E-state index in [2.05, 4.69) is 21.2 Å². The van der Waals surface area contributed by atoms with Gasteiger partial charge in [-0.2, -0.15) is 0 Å².